The number of halogens is 1. The molecule has 25 heavy (non-hydrogen) atoms. The normalized spacial score (nSPS) is 13.3. The molecule has 0 saturated heterocycles. The van der Waals surface area contributed by atoms with Crippen molar-refractivity contribution in [1.82, 2.24) is 9.38 Å². The van der Waals surface area contributed by atoms with Crippen LogP contribution in [0.2, 0.25) is 5.15 Å². The number of carbonyl (C=O) groups excluding carboxylic acids is 1. The maximum atomic E-state index is 12.2. The molecule has 0 atom stereocenters. The van der Waals surface area contributed by atoms with Crippen LogP contribution in [0.1, 0.15) is 5.69 Å². The number of amides is 1. The number of fused-ring (bicyclic) bond motifs is 2. The monoisotopic (exact) mass is 355 g/mol. The van der Waals surface area contributed by atoms with E-state index < -0.39 is 0 Å². The van der Waals surface area contributed by atoms with Gasteiger partial charge in [0.25, 0.3) is 0 Å². The summed E-state index contributed by atoms with van der Waals surface area (Å²) in [6.07, 6.45) is 4.89. The second-order valence-corrected chi connectivity index (χ2v) is 5.76. The van der Waals surface area contributed by atoms with Crippen LogP contribution in [0.3, 0.4) is 0 Å². The summed E-state index contributed by atoms with van der Waals surface area (Å²) in [7, 11) is 0. The van der Waals surface area contributed by atoms with Crippen LogP contribution < -0.4 is 14.8 Å². The number of nitrogens with zero attached hydrogens (tertiary/aromatic N) is 2. The van der Waals surface area contributed by atoms with Crippen LogP contribution in [0.4, 0.5) is 5.69 Å². The zero-order valence-electron chi connectivity index (χ0n) is 13.1. The largest absolute Gasteiger partial charge is 0.486 e. The first-order valence-corrected chi connectivity index (χ1v) is 8.10. The van der Waals surface area contributed by atoms with Gasteiger partial charge in [-0.05, 0) is 30.3 Å². The van der Waals surface area contributed by atoms with E-state index in [4.69, 9.17) is 21.1 Å². The topological polar surface area (TPSA) is 64.9 Å². The maximum Gasteiger partial charge on any atom is 0.248 e. The van der Waals surface area contributed by atoms with Gasteiger partial charge in [0.05, 0.1) is 5.69 Å². The summed E-state index contributed by atoms with van der Waals surface area (Å²) < 4.78 is 12.8. The molecule has 7 heteroatoms. The van der Waals surface area contributed by atoms with Gasteiger partial charge in [-0.2, -0.15) is 0 Å². The Morgan fingerprint density at radius 2 is 2.04 bits per heavy atom. The Labute approximate surface area is 148 Å². The number of imidazole rings is 1. The number of aromatic nitrogens is 2. The highest BCUT2D eigenvalue weighted by atomic mass is 35.5. The van der Waals surface area contributed by atoms with Crippen molar-refractivity contribution in [2.24, 2.45) is 0 Å². The zero-order valence-corrected chi connectivity index (χ0v) is 13.9. The van der Waals surface area contributed by atoms with Crippen molar-refractivity contribution in [3.05, 3.63) is 59.5 Å². The second-order valence-electron chi connectivity index (χ2n) is 5.40. The minimum atomic E-state index is -0.279. The maximum absolute atomic E-state index is 12.2. The minimum absolute atomic E-state index is 0.279. The Balaban J connectivity index is 1.52. The molecule has 1 aliphatic rings. The van der Waals surface area contributed by atoms with Crippen molar-refractivity contribution in [2.75, 3.05) is 18.5 Å². The number of nitrogens with one attached hydrogen (secondary N) is 1. The number of pyridine rings is 1. The summed E-state index contributed by atoms with van der Waals surface area (Å²) in [5, 5.41) is 3.13. The first-order chi connectivity index (χ1) is 12.2. The van der Waals surface area contributed by atoms with Crippen LogP contribution in [-0.2, 0) is 4.79 Å². The smallest absolute Gasteiger partial charge is 0.248 e. The lowest BCUT2D eigenvalue weighted by Crippen LogP contribution is -2.16. The Morgan fingerprint density at radius 1 is 1.20 bits per heavy atom. The van der Waals surface area contributed by atoms with Crippen molar-refractivity contribution in [2.45, 2.75) is 0 Å². The van der Waals surface area contributed by atoms with Gasteiger partial charge in [-0.15, -0.1) is 0 Å². The fraction of sp³-hybridized carbons (Fsp3) is 0.111. The Kier molecular flexibility index (Phi) is 4.03. The van der Waals surface area contributed by atoms with Gasteiger partial charge in [-0.25, -0.2) is 4.98 Å². The molecule has 4 rings (SSSR count). The summed E-state index contributed by atoms with van der Waals surface area (Å²) >= 11 is 6.15. The first-order valence-electron chi connectivity index (χ1n) is 7.72. The van der Waals surface area contributed by atoms with E-state index in [0.29, 0.717) is 41.2 Å². The minimum Gasteiger partial charge on any atom is -0.486 e. The van der Waals surface area contributed by atoms with Gasteiger partial charge in [0.1, 0.15) is 18.9 Å². The molecule has 1 aliphatic heterocycles. The molecular formula is C18H14ClN3O3. The average molecular weight is 356 g/mol. The Hall–Kier alpha value is -2.99. The third-order valence-electron chi connectivity index (χ3n) is 3.72. The summed E-state index contributed by atoms with van der Waals surface area (Å²) in [5.74, 6) is 1.02. The third-order valence-corrected chi connectivity index (χ3v) is 4.00. The lowest BCUT2D eigenvalue weighted by atomic mass is 10.2. The lowest BCUT2D eigenvalue weighted by Gasteiger charge is -2.18. The van der Waals surface area contributed by atoms with Crippen LogP contribution in [0, 0.1) is 0 Å². The van der Waals surface area contributed by atoms with Crippen molar-refractivity contribution in [1.29, 1.82) is 0 Å². The fourth-order valence-electron chi connectivity index (χ4n) is 2.59. The Morgan fingerprint density at radius 3 is 2.92 bits per heavy atom. The standard InChI is InChI=1S/C18H14ClN3O3/c19-18-13(22-8-2-1-3-16(22)21-18)5-7-17(23)20-12-4-6-14-15(11-12)25-10-9-24-14/h1-8,11H,9-10H2,(H,20,23)/b7-5+. The highest BCUT2D eigenvalue weighted by Gasteiger charge is 2.12. The molecule has 0 aliphatic carbocycles. The molecule has 0 unspecified atom stereocenters. The number of hydrogen-bond acceptors (Lipinski definition) is 4. The number of ether oxygens (including phenoxy) is 2. The number of rotatable bonds is 3. The number of hydrogen-bond donors (Lipinski definition) is 1. The molecule has 0 spiro atoms. The predicted molar refractivity (Wildman–Crippen MR) is 95.3 cm³/mol. The summed E-state index contributed by atoms with van der Waals surface area (Å²) in [6, 6.07) is 10.9. The molecule has 1 aromatic carbocycles. The van der Waals surface area contributed by atoms with Gasteiger partial charge in [-0.3, -0.25) is 9.20 Å². The molecule has 3 aromatic rings. The van der Waals surface area contributed by atoms with Gasteiger partial charge < -0.3 is 14.8 Å². The fourth-order valence-corrected chi connectivity index (χ4v) is 2.84. The van der Waals surface area contributed by atoms with Gasteiger partial charge in [0, 0.05) is 24.0 Å². The lowest BCUT2D eigenvalue weighted by molar-refractivity contribution is -0.111. The molecule has 0 fully saturated rings. The van der Waals surface area contributed by atoms with Gasteiger partial charge >= 0.3 is 0 Å². The van der Waals surface area contributed by atoms with E-state index in [2.05, 4.69) is 10.3 Å². The highest BCUT2D eigenvalue weighted by molar-refractivity contribution is 6.31. The van der Waals surface area contributed by atoms with E-state index in [1.54, 1.807) is 24.3 Å². The predicted octanol–water partition coefficient (Wildman–Crippen LogP) is 3.41. The molecule has 3 heterocycles. The summed E-state index contributed by atoms with van der Waals surface area (Å²) in [6.45, 7) is 1.03. The van der Waals surface area contributed by atoms with Crippen molar-refractivity contribution in [3.8, 4) is 11.5 Å². The third kappa shape index (κ3) is 3.16. The molecule has 1 N–H and O–H groups in total. The molecule has 0 bridgehead atoms. The first kappa shape index (κ1) is 15.5. The average Bonchev–Trinajstić information content (AvgIpc) is 2.95. The number of anilines is 1. The summed E-state index contributed by atoms with van der Waals surface area (Å²) in [5.41, 5.74) is 2.00. The van der Waals surface area contributed by atoms with Crippen molar-refractivity contribution in [3.63, 3.8) is 0 Å². The SMILES string of the molecule is O=C(/C=C/c1c(Cl)nc2ccccn12)Nc1ccc2c(c1)OCCO2. The van der Waals surface area contributed by atoms with Crippen LogP contribution in [-0.4, -0.2) is 28.5 Å². The van der Waals surface area contributed by atoms with E-state index in [-0.39, 0.29) is 5.91 Å². The Bertz CT molecular complexity index is 981. The van der Waals surface area contributed by atoms with E-state index in [1.165, 1.54) is 6.08 Å². The van der Waals surface area contributed by atoms with E-state index in [9.17, 15) is 4.79 Å². The van der Waals surface area contributed by atoms with Gasteiger partial charge in [0.2, 0.25) is 5.91 Å². The van der Waals surface area contributed by atoms with Crippen LogP contribution >= 0.6 is 11.6 Å². The molecule has 0 radical (unpaired) electrons. The quantitative estimate of drug-likeness (QED) is 0.731. The molecule has 126 valence electrons. The zero-order chi connectivity index (χ0) is 17.2. The van der Waals surface area contributed by atoms with Gasteiger partial charge in [0.15, 0.2) is 16.7 Å². The van der Waals surface area contributed by atoms with E-state index >= 15 is 0 Å². The molecule has 0 saturated carbocycles. The molecule has 1 amide bonds. The van der Waals surface area contributed by atoms with Crippen LogP contribution in [0.5, 0.6) is 11.5 Å². The summed E-state index contributed by atoms with van der Waals surface area (Å²) in [4.78, 5) is 16.4. The van der Waals surface area contributed by atoms with Crippen LogP contribution in [0.25, 0.3) is 11.7 Å². The van der Waals surface area contributed by atoms with Crippen molar-refractivity contribution >= 4 is 34.9 Å². The number of carbonyl (C=O) groups is 1. The molecule has 6 nitrogen and oxygen atoms in total. The second kappa shape index (κ2) is 6.49. The van der Waals surface area contributed by atoms with E-state index in [1.807, 2.05) is 28.8 Å². The number of benzene rings is 1. The van der Waals surface area contributed by atoms with Crippen LogP contribution in [0.15, 0.2) is 48.7 Å². The van der Waals surface area contributed by atoms with Crippen molar-refractivity contribution < 1.29 is 14.3 Å². The van der Waals surface area contributed by atoms with E-state index in [0.717, 1.165) is 5.65 Å². The van der Waals surface area contributed by atoms with Gasteiger partial charge in [-0.1, -0.05) is 17.7 Å². The molecular weight excluding hydrogens is 342 g/mol. The molecule has 2 aromatic heterocycles. The highest BCUT2D eigenvalue weighted by Crippen LogP contribution is 2.32.